The number of nitrogens with one attached hydrogen (secondary N) is 1. The molecule has 3 amide bonds. The number of benzene rings is 1. The molecule has 0 bridgehead atoms. The Hall–Kier alpha value is -3.40. The number of rotatable bonds is 8. The number of hydrogen-bond acceptors (Lipinski definition) is 7. The first-order valence-electron chi connectivity index (χ1n) is 13.1. The van der Waals surface area contributed by atoms with E-state index in [1.165, 1.54) is 0 Å². The number of carbonyl (C=O) groups is 2. The van der Waals surface area contributed by atoms with Crippen LogP contribution in [0.15, 0.2) is 36.4 Å². The average Bonchev–Trinajstić information content (AvgIpc) is 3.29. The quantitative estimate of drug-likeness (QED) is 0.583. The first kappa shape index (κ1) is 26.7. The molecule has 2 saturated heterocycles. The van der Waals surface area contributed by atoms with Gasteiger partial charge in [0.05, 0.1) is 18.9 Å². The Labute approximate surface area is 218 Å². The first-order chi connectivity index (χ1) is 17.9. The van der Waals surface area contributed by atoms with Crippen molar-refractivity contribution in [1.29, 1.82) is 0 Å². The molecule has 37 heavy (non-hydrogen) atoms. The van der Waals surface area contributed by atoms with E-state index in [0.717, 1.165) is 48.6 Å². The van der Waals surface area contributed by atoms with E-state index in [1.807, 2.05) is 55.1 Å². The standard InChI is InChI=1S/C27H38N6O4/c1-20(2)28-27(35)33(18-23-9-5-16-37-23)19-26(34)32-13-6-12-31(14-15-32)25-11-10-24(29-30-25)21-7-4-8-22(17-21)36-3/h4,7-8,10-11,17,20,23H,5-6,9,12-16,18-19H2,1-3H3,(H,28,35). The highest BCUT2D eigenvalue weighted by Gasteiger charge is 2.27. The Morgan fingerprint density at radius 2 is 2.00 bits per heavy atom. The fraction of sp³-hybridized carbons (Fsp3) is 0.556. The van der Waals surface area contributed by atoms with E-state index in [9.17, 15) is 9.59 Å². The van der Waals surface area contributed by atoms with Gasteiger partial charge in [-0.3, -0.25) is 4.79 Å². The molecule has 10 heteroatoms. The molecule has 200 valence electrons. The topological polar surface area (TPSA) is 100 Å². The number of anilines is 1. The Bertz CT molecular complexity index is 1040. The molecule has 2 fully saturated rings. The second-order valence-corrected chi connectivity index (χ2v) is 9.85. The van der Waals surface area contributed by atoms with Crippen LogP contribution < -0.4 is 15.0 Å². The highest BCUT2D eigenvalue weighted by Crippen LogP contribution is 2.23. The van der Waals surface area contributed by atoms with Crippen molar-refractivity contribution in [2.75, 3.05) is 57.9 Å². The largest absolute Gasteiger partial charge is 0.497 e. The van der Waals surface area contributed by atoms with Crippen LogP contribution in [0.5, 0.6) is 5.75 Å². The van der Waals surface area contributed by atoms with E-state index in [0.29, 0.717) is 32.8 Å². The maximum absolute atomic E-state index is 13.2. The molecule has 3 heterocycles. The Morgan fingerprint density at radius 3 is 2.70 bits per heavy atom. The molecule has 1 aromatic heterocycles. The van der Waals surface area contributed by atoms with Crippen molar-refractivity contribution in [3.8, 4) is 17.0 Å². The van der Waals surface area contributed by atoms with Gasteiger partial charge in [-0.25, -0.2) is 4.79 Å². The zero-order valence-electron chi connectivity index (χ0n) is 22.1. The molecule has 2 aliphatic rings. The molecule has 1 unspecified atom stereocenters. The molecular formula is C27H38N6O4. The Morgan fingerprint density at radius 1 is 1.14 bits per heavy atom. The predicted molar refractivity (Wildman–Crippen MR) is 142 cm³/mol. The van der Waals surface area contributed by atoms with E-state index in [1.54, 1.807) is 12.0 Å². The second kappa shape index (κ2) is 12.7. The molecular weight excluding hydrogens is 472 g/mol. The summed E-state index contributed by atoms with van der Waals surface area (Å²) in [6.07, 6.45) is 2.71. The van der Waals surface area contributed by atoms with Gasteiger partial charge in [0.2, 0.25) is 5.91 Å². The number of ether oxygens (including phenoxy) is 2. The van der Waals surface area contributed by atoms with E-state index in [2.05, 4.69) is 20.4 Å². The van der Waals surface area contributed by atoms with Gasteiger partial charge in [0.1, 0.15) is 12.3 Å². The van der Waals surface area contributed by atoms with Gasteiger partial charge >= 0.3 is 6.03 Å². The summed E-state index contributed by atoms with van der Waals surface area (Å²) in [7, 11) is 1.64. The van der Waals surface area contributed by atoms with E-state index in [-0.39, 0.29) is 30.6 Å². The highest BCUT2D eigenvalue weighted by molar-refractivity contribution is 5.84. The zero-order chi connectivity index (χ0) is 26.2. The summed E-state index contributed by atoms with van der Waals surface area (Å²) in [6, 6.07) is 11.4. The maximum atomic E-state index is 13.2. The van der Waals surface area contributed by atoms with Crippen LogP contribution in [0.3, 0.4) is 0 Å². The van der Waals surface area contributed by atoms with E-state index >= 15 is 0 Å². The summed E-state index contributed by atoms with van der Waals surface area (Å²) in [6.45, 7) is 7.67. The lowest BCUT2D eigenvalue weighted by Gasteiger charge is -2.29. The Kier molecular flexibility index (Phi) is 9.16. The maximum Gasteiger partial charge on any atom is 0.318 e. The first-order valence-corrected chi connectivity index (χ1v) is 13.1. The van der Waals surface area contributed by atoms with Crippen LogP contribution in [0, 0.1) is 0 Å². The minimum atomic E-state index is -0.221. The molecule has 2 aromatic rings. The third kappa shape index (κ3) is 7.31. The fourth-order valence-corrected chi connectivity index (χ4v) is 4.68. The lowest BCUT2D eigenvalue weighted by molar-refractivity contribution is -0.131. The van der Waals surface area contributed by atoms with Gasteiger partial charge in [-0.2, -0.15) is 0 Å². The molecule has 1 atom stereocenters. The number of hydrogen-bond donors (Lipinski definition) is 1. The fourth-order valence-electron chi connectivity index (χ4n) is 4.68. The molecule has 0 aliphatic carbocycles. The van der Waals surface area contributed by atoms with Crippen molar-refractivity contribution in [2.24, 2.45) is 0 Å². The number of carbonyl (C=O) groups excluding carboxylic acids is 2. The minimum Gasteiger partial charge on any atom is -0.497 e. The van der Waals surface area contributed by atoms with Crippen LogP contribution in [0.1, 0.15) is 33.1 Å². The van der Waals surface area contributed by atoms with Gasteiger partial charge < -0.3 is 29.5 Å². The molecule has 0 spiro atoms. The Balaban J connectivity index is 1.35. The normalized spacial score (nSPS) is 18.0. The van der Waals surface area contributed by atoms with Crippen LogP contribution >= 0.6 is 0 Å². The average molecular weight is 511 g/mol. The third-order valence-corrected chi connectivity index (χ3v) is 6.66. The lowest BCUT2D eigenvalue weighted by Crippen LogP contribution is -2.51. The molecule has 0 radical (unpaired) electrons. The van der Waals surface area contributed by atoms with Gasteiger partial charge in [-0.1, -0.05) is 12.1 Å². The molecule has 1 aromatic carbocycles. The summed E-state index contributed by atoms with van der Waals surface area (Å²) < 4.78 is 11.0. The van der Waals surface area contributed by atoms with Crippen LogP contribution in [0.2, 0.25) is 0 Å². The molecule has 10 nitrogen and oxygen atoms in total. The van der Waals surface area contributed by atoms with Crippen molar-refractivity contribution >= 4 is 17.8 Å². The van der Waals surface area contributed by atoms with Gasteiger partial charge in [0.25, 0.3) is 0 Å². The molecule has 0 saturated carbocycles. The van der Waals surface area contributed by atoms with E-state index in [4.69, 9.17) is 9.47 Å². The van der Waals surface area contributed by atoms with Crippen LogP contribution in [-0.4, -0.2) is 97.1 Å². The van der Waals surface area contributed by atoms with Gasteiger partial charge in [-0.05, 0) is 57.4 Å². The zero-order valence-corrected chi connectivity index (χ0v) is 22.1. The minimum absolute atomic E-state index is 0.00207. The molecule has 1 N–H and O–H groups in total. The van der Waals surface area contributed by atoms with Crippen molar-refractivity contribution in [3.63, 3.8) is 0 Å². The number of aromatic nitrogens is 2. The number of nitrogens with zero attached hydrogens (tertiary/aromatic N) is 5. The van der Waals surface area contributed by atoms with Crippen molar-refractivity contribution in [2.45, 2.75) is 45.3 Å². The summed E-state index contributed by atoms with van der Waals surface area (Å²) in [5.41, 5.74) is 1.72. The van der Waals surface area contributed by atoms with Gasteiger partial charge in [0, 0.05) is 50.9 Å². The van der Waals surface area contributed by atoms with E-state index < -0.39 is 0 Å². The van der Waals surface area contributed by atoms with Crippen LogP contribution in [0.4, 0.5) is 10.6 Å². The summed E-state index contributed by atoms with van der Waals surface area (Å²) in [5, 5.41) is 11.8. The SMILES string of the molecule is COc1cccc(-c2ccc(N3CCCN(C(=O)CN(CC4CCCO4)C(=O)NC(C)C)CC3)nn2)c1. The van der Waals surface area contributed by atoms with Crippen LogP contribution in [0.25, 0.3) is 11.3 Å². The number of methoxy groups -OCH3 is 1. The molecule has 2 aliphatic heterocycles. The highest BCUT2D eigenvalue weighted by atomic mass is 16.5. The van der Waals surface area contributed by atoms with Crippen molar-refractivity contribution < 1.29 is 19.1 Å². The summed E-state index contributed by atoms with van der Waals surface area (Å²) >= 11 is 0. The third-order valence-electron chi connectivity index (χ3n) is 6.66. The van der Waals surface area contributed by atoms with Gasteiger partial charge in [0.15, 0.2) is 5.82 Å². The van der Waals surface area contributed by atoms with Crippen molar-refractivity contribution in [3.05, 3.63) is 36.4 Å². The summed E-state index contributed by atoms with van der Waals surface area (Å²) in [5.74, 6) is 1.52. The smallest absolute Gasteiger partial charge is 0.318 e. The molecule has 4 rings (SSSR count). The summed E-state index contributed by atoms with van der Waals surface area (Å²) in [4.78, 5) is 31.6. The lowest BCUT2D eigenvalue weighted by atomic mass is 10.1. The monoisotopic (exact) mass is 510 g/mol. The second-order valence-electron chi connectivity index (χ2n) is 9.85. The number of amides is 3. The predicted octanol–water partition coefficient (Wildman–Crippen LogP) is 2.79. The van der Waals surface area contributed by atoms with Gasteiger partial charge in [-0.15, -0.1) is 10.2 Å². The van der Waals surface area contributed by atoms with Crippen molar-refractivity contribution in [1.82, 2.24) is 25.3 Å². The number of urea groups is 1. The van der Waals surface area contributed by atoms with Crippen LogP contribution in [-0.2, 0) is 9.53 Å².